The highest BCUT2D eigenvalue weighted by Crippen LogP contribution is 2.32. The molecule has 8 heteroatoms. The quantitative estimate of drug-likeness (QED) is 0.499. The number of nitrogens with one attached hydrogen (secondary N) is 2. The molecule has 8 nitrogen and oxygen atoms in total. The first-order valence-corrected chi connectivity index (χ1v) is 11.5. The van der Waals surface area contributed by atoms with Crippen LogP contribution < -0.4 is 10.6 Å². The Kier molecular flexibility index (Phi) is 6.07. The molecule has 1 unspecified atom stereocenters. The van der Waals surface area contributed by atoms with Gasteiger partial charge in [0.1, 0.15) is 6.04 Å². The molecule has 1 aromatic carbocycles. The van der Waals surface area contributed by atoms with Crippen molar-refractivity contribution in [2.75, 3.05) is 25.0 Å². The molecule has 0 radical (unpaired) electrons. The Labute approximate surface area is 188 Å². The number of anilines is 1. The summed E-state index contributed by atoms with van der Waals surface area (Å²) in [5.41, 5.74) is 1.50. The molecular formula is C24H32N4O4. The number of hydrogen-bond donors (Lipinski definition) is 2. The van der Waals surface area contributed by atoms with Crippen molar-refractivity contribution in [3.63, 3.8) is 0 Å². The van der Waals surface area contributed by atoms with Gasteiger partial charge >= 0.3 is 0 Å². The highest BCUT2D eigenvalue weighted by atomic mass is 16.2. The fourth-order valence-electron chi connectivity index (χ4n) is 4.74. The Balaban J connectivity index is 1.31. The third-order valence-electron chi connectivity index (χ3n) is 6.73. The van der Waals surface area contributed by atoms with Crippen molar-refractivity contribution in [3.8, 4) is 0 Å². The molecule has 3 aliphatic heterocycles. The van der Waals surface area contributed by atoms with E-state index < -0.39 is 23.8 Å². The Morgan fingerprint density at radius 2 is 1.81 bits per heavy atom. The lowest BCUT2D eigenvalue weighted by atomic mass is 9.89. The largest absolute Gasteiger partial charge is 0.384 e. The van der Waals surface area contributed by atoms with Crippen molar-refractivity contribution in [1.29, 1.82) is 0 Å². The maximum Gasteiger partial charge on any atom is 0.264 e. The molecule has 3 aliphatic rings. The molecule has 4 rings (SSSR count). The van der Waals surface area contributed by atoms with Crippen molar-refractivity contribution in [3.05, 3.63) is 29.3 Å². The fourth-order valence-corrected chi connectivity index (χ4v) is 4.74. The molecule has 0 spiro atoms. The zero-order valence-corrected chi connectivity index (χ0v) is 19.1. The second kappa shape index (κ2) is 8.65. The monoisotopic (exact) mass is 440 g/mol. The number of likely N-dealkylation sites (tertiary alicyclic amines) is 1. The number of nitrogens with zero attached hydrogens (tertiary/aromatic N) is 2. The molecule has 2 saturated heterocycles. The van der Waals surface area contributed by atoms with Crippen LogP contribution in [0.25, 0.3) is 0 Å². The molecule has 2 N–H and O–H groups in total. The normalized spacial score (nSPS) is 22.1. The van der Waals surface area contributed by atoms with E-state index in [2.05, 4.69) is 36.3 Å². The number of amides is 4. The molecular weight excluding hydrogens is 408 g/mol. The lowest BCUT2D eigenvalue weighted by Crippen LogP contribution is -2.55. The van der Waals surface area contributed by atoms with E-state index in [1.807, 2.05) is 0 Å². The number of rotatable bonds is 7. The predicted molar refractivity (Wildman–Crippen MR) is 120 cm³/mol. The van der Waals surface area contributed by atoms with Gasteiger partial charge in [-0.25, -0.2) is 0 Å². The van der Waals surface area contributed by atoms with Gasteiger partial charge in [0.25, 0.3) is 11.8 Å². The first kappa shape index (κ1) is 22.5. The van der Waals surface area contributed by atoms with Crippen molar-refractivity contribution < 1.29 is 19.2 Å². The van der Waals surface area contributed by atoms with Crippen LogP contribution in [-0.4, -0.2) is 64.6 Å². The third kappa shape index (κ3) is 4.28. The summed E-state index contributed by atoms with van der Waals surface area (Å²) in [4.78, 5) is 53.1. The van der Waals surface area contributed by atoms with Crippen LogP contribution in [0.15, 0.2) is 18.2 Å². The SMILES string of the molecule is CC(C)(C)N1CC(CCCCNc2cccc3c2C(=O)N(C2CCC(=O)NC2=O)C3=O)C1. The highest BCUT2D eigenvalue weighted by Gasteiger charge is 2.45. The molecule has 2 fully saturated rings. The molecule has 0 aliphatic carbocycles. The van der Waals surface area contributed by atoms with Gasteiger partial charge in [-0.15, -0.1) is 0 Å². The van der Waals surface area contributed by atoms with Gasteiger partial charge in [-0.1, -0.05) is 12.5 Å². The van der Waals surface area contributed by atoms with Gasteiger partial charge in [-0.2, -0.15) is 0 Å². The predicted octanol–water partition coefficient (Wildman–Crippen LogP) is 2.40. The first-order valence-electron chi connectivity index (χ1n) is 11.5. The standard InChI is InChI=1S/C24H32N4O4/c1-24(2,3)27-13-15(14-27)7-4-5-12-25-17-9-6-8-16-20(17)23(32)28(22(16)31)18-10-11-19(29)26-21(18)30/h6,8-9,15,18,25H,4-5,7,10-14H2,1-3H3,(H,26,29,30). The summed E-state index contributed by atoms with van der Waals surface area (Å²) in [7, 11) is 0. The number of hydrogen-bond acceptors (Lipinski definition) is 6. The van der Waals surface area contributed by atoms with E-state index in [-0.39, 0.29) is 24.3 Å². The van der Waals surface area contributed by atoms with Gasteiger partial charge in [-0.3, -0.25) is 34.3 Å². The van der Waals surface area contributed by atoms with Crippen LogP contribution in [0.3, 0.4) is 0 Å². The number of unbranched alkanes of at least 4 members (excludes halogenated alkanes) is 1. The summed E-state index contributed by atoms with van der Waals surface area (Å²) in [6.45, 7) is 9.79. The highest BCUT2D eigenvalue weighted by molar-refractivity contribution is 6.25. The Hall–Kier alpha value is -2.74. The van der Waals surface area contributed by atoms with E-state index in [9.17, 15) is 19.2 Å². The van der Waals surface area contributed by atoms with Crippen molar-refractivity contribution in [1.82, 2.24) is 15.1 Å². The zero-order chi connectivity index (χ0) is 23.0. The number of piperidine rings is 1. The molecule has 0 aromatic heterocycles. The molecule has 1 aromatic rings. The summed E-state index contributed by atoms with van der Waals surface area (Å²) in [6, 6.07) is 4.22. The van der Waals surface area contributed by atoms with E-state index in [4.69, 9.17) is 0 Å². The van der Waals surface area contributed by atoms with Crippen LogP contribution in [0.4, 0.5) is 5.69 Å². The third-order valence-corrected chi connectivity index (χ3v) is 6.73. The Bertz CT molecular complexity index is 946. The second-order valence-electron chi connectivity index (χ2n) is 10.0. The molecule has 32 heavy (non-hydrogen) atoms. The molecule has 172 valence electrons. The molecule has 0 bridgehead atoms. The second-order valence-corrected chi connectivity index (χ2v) is 10.0. The van der Waals surface area contributed by atoms with Crippen LogP contribution in [0, 0.1) is 5.92 Å². The maximum absolute atomic E-state index is 13.1. The lowest BCUT2D eigenvalue weighted by molar-refractivity contribution is -0.136. The first-order chi connectivity index (χ1) is 15.2. The van der Waals surface area contributed by atoms with E-state index in [1.165, 1.54) is 6.42 Å². The van der Waals surface area contributed by atoms with Gasteiger partial charge < -0.3 is 5.32 Å². The summed E-state index contributed by atoms with van der Waals surface area (Å²) in [5.74, 6) is -1.16. The average Bonchev–Trinajstić information content (AvgIpc) is 2.93. The topological polar surface area (TPSA) is 98.8 Å². The van der Waals surface area contributed by atoms with Gasteiger partial charge in [0.2, 0.25) is 11.8 Å². The van der Waals surface area contributed by atoms with Crippen LogP contribution >= 0.6 is 0 Å². The summed E-state index contributed by atoms with van der Waals surface area (Å²) < 4.78 is 0. The lowest BCUT2D eigenvalue weighted by Gasteiger charge is -2.48. The van der Waals surface area contributed by atoms with E-state index in [0.717, 1.165) is 36.7 Å². The summed E-state index contributed by atoms with van der Waals surface area (Å²) in [5, 5.41) is 5.54. The maximum atomic E-state index is 13.1. The summed E-state index contributed by atoms with van der Waals surface area (Å²) in [6.07, 6.45) is 3.56. The zero-order valence-electron chi connectivity index (χ0n) is 19.1. The number of carbonyl (C=O) groups is 4. The van der Waals surface area contributed by atoms with Crippen molar-refractivity contribution in [2.24, 2.45) is 5.92 Å². The molecule has 4 amide bonds. The van der Waals surface area contributed by atoms with E-state index >= 15 is 0 Å². The van der Waals surface area contributed by atoms with Crippen LogP contribution in [0.2, 0.25) is 0 Å². The van der Waals surface area contributed by atoms with E-state index in [0.29, 0.717) is 23.4 Å². The minimum Gasteiger partial charge on any atom is -0.384 e. The van der Waals surface area contributed by atoms with Gasteiger partial charge in [0.15, 0.2) is 0 Å². The van der Waals surface area contributed by atoms with Crippen LogP contribution in [0.5, 0.6) is 0 Å². The van der Waals surface area contributed by atoms with Crippen molar-refractivity contribution in [2.45, 2.75) is 64.5 Å². The van der Waals surface area contributed by atoms with Gasteiger partial charge in [-0.05, 0) is 58.1 Å². The Morgan fingerprint density at radius 3 is 2.50 bits per heavy atom. The smallest absolute Gasteiger partial charge is 0.264 e. The van der Waals surface area contributed by atoms with Gasteiger partial charge in [0.05, 0.1) is 11.1 Å². The number of fused-ring (bicyclic) bond motifs is 1. The minimum absolute atomic E-state index is 0.115. The Morgan fingerprint density at radius 1 is 1.06 bits per heavy atom. The van der Waals surface area contributed by atoms with Gasteiger partial charge in [0, 0.05) is 37.3 Å². The number of carbonyl (C=O) groups excluding carboxylic acids is 4. The van der Waals surface area contributed by atoms with E-state index in [1.54, 1.807) is 18.2 Å². The number of benzene rings is 1. The average molecular weight is 441 g/mol. The number of imide groups is 2. The molecule has 1 atom stereocenters. The van der Waals surface area contributed by atoms with Crippen LogP contribution in [0.1, 0.15) is 73.6 Å². The fraction of sp³-hybridized carbons (Fsp3) is 0.583. The van der Waals surface area contributed by atoms with Crippen LogP contribution in [-0.2, 0) is 9.59 Å². The van der Waals surface area contributed by atoms with Crippen molar-refractivity contribution >= 4 is 29.3 Å². The minimum atomic E-state index is -0.942. The molecule has 3 heterocycles. The molecule has 0 saturated carbocycles. The summed E-state index contributed by atoms with van der Waals surface area (Å²) >= 11 is 0.